The second kappa shape index (κ2) is 7.02. The molecular formula is C12H19N5O4. The van der Waals surface area contributed by atoms with Gasteiger partial charge in [-0.05, 0) is 12.8 Å². The quantitative estimate of drug-likeness (QED) is 0.745. The molecule has 1 fully saturated rings. The zero-order chi connectivity index (χ0) is 15.2. The molecule has 9 nitrogen and oxygen atoms in total. The maximum absolute atomic E-state index is 11.9. The number of hydrogen-bond acceptors (Lipinski definition) is 5. The van der Waals surface area contributed by atoms with E-state index in [0.29, 0.717) is 12.2 Å². The molecular weight excluding hydrogens is 278 g/mol. The maximum Gasteiger partial charge on any atom is 0.325 e. The van der Waals surface area contributed by atoms with E-state index in [0.717, 1.165) is 19.4 Å². The van der Waals surface area contributed by atoms with E-state index in [1.807, 2.05) is 0 Å². The molecule has 1 saturated heterocycles. The summed E-state index contributed by atoms with van der Waals surface area (Å²) >= 11 is 0. The van der Waals surface area contributed by atoms with Crippen LogP contribution in [0.5, 0.6) is 0 Å². The van der Waals surface area contributed by atoms with Crippen LogP contribution in [0.1, 0.15) is 18.5 Å². The standard InChI is InChI=1S/C12H19N5O4/c1-16(7-10-3-2-4-21-10)12(20)13-5-9-6-17(15-14-9)8-11(18)19/h6,10H,2-5,7-8H2,1H3,(H,13,20)(H,18,19). The number of aromatic nitrogens is 3. The topological polar surface area (TPSA) is 110 Å². The van der Waals surface area contributed by atoms with E-state index < -0.39 is 5.97 Å². The average molecular weight is 297 g/mol. The lowest BCUT2D eigenvalue weighted by Crippen LogP contribution is -2.40. The van der Waals surface area contributed by atoms with E-state index in [1.54, 1.807) is 11.9 Å². The molecule has 2 N–H and O–H groups in total. The van der Waals surface area contributed by atoms with Crippen LogP contribution in [-0.2, 0) is 22.6 Å². The molecule has 1 aliphatic heterocycles. The average Bonchev–Trinajstić information content (AvgIpc) is 3.07. The van der Waals surface area contributed by atoms with E-state index in [-0.39, 0.29) is 25.2 Å². The number of carboxylic acid groups (broad SMARTS) is 1. The van der Waals surface area contributed by atoms with E-state index in [9.17, 15) is 9.59 Å². The number of carbonyl (C=O) groups is 2. The Kier molecular flexibility index (Phi) is 5.09. The number of likely N-dealkylation sites (N-methyl/N-ethyl adjacent to an activating group) is 1. The van der Waals surface area contributed by atoms with Crippen molar-refractivity contribution in [1.29, 1.82) is 0 Å². The van der Waals surface area contributed by atoms with Gasteiger partial charge in [-0.25, -0.2) is 9.48 Å². The smallest absolute Gasteiger partial charge is 0.325 e. The van der Waals surface area contributed by atoms with Crippen LogP contribution >= 0.6 is 0 Å². The summed E-state index contributed by atoms with van der Waals surface area (Å²) in [5.41, 5.74) is 0.509. The Balaban J connectivity index is 1.74. The van der Waals surface area contributed by atoms with Crippen LogP contribution in [-0.4, -0.2) is 63.3 Å². The van der Waals surface area contributed by atoms with Gasteiger partial charge in [-0.3, -0.25) is 4.79 Å². The minimum absolute atomic E-state index is 0.109. The fraction of sp³-hybridized carbons (Fsp3) is 0.667. The molecule has 1 aromatic rings. The van der Waals surface area contributed by atoms with E-state index in [2.05, 4.69) is 15.6 Å². The van der Waals surface area contributed by atoms with Gasteiger partial charge in [0.25, 0.3) is 0 Å². The number of carbonyl (C=O) groups excluding carboxylic acids is 1. The highest BCUT2D eigenvalue weighted by molar-refractivity contribution is 5.73. The summed E-state index contributed by atoms with van der Waals surface area (Å²) in [5, 5.41) is 18.8. The van der Waals surface area contributed by atoms with Gasteiger partial charge in [0.1, 0.15) is 12.2 Å². The highest BCUT2D eigenvalue weighted by Gasteiger charge is 2.20. The van der Waals surface area contributed by atoms with E-state index in [1.165, 1.54) is 10.9 Å². The Morgan fingerprint density at radius 2 is 2.43 bits per heavy atom. The summed E-state index contributed by atoms with van der Waals surface area (Å²) in [6.45, 7) is 1.26. The van der Waals surface area contributed by atoms with Crippen molar-refractivity contribution < 1.29 is 19.4 Å². The van der Waals surface area contributed by atoms with Crippen molar-refractivity contribution in [3.8, 4) is 0 Å². The minimum atomic E-state index is -0.994. The van der Waals surface area contributed by atoms with Crippen molar-refractivity contribution >= 4 is 12.0 Å². The van der Waals surface area contributed by atoms with Crippen LogP contribution in [0.15, 0.2) is 6.20 Å². The third kappa shape index (κ3) is 4.71. The van der Waals surface area contributed by atoms with Crippen molar-refractivity contribution in [1.82, 2.24) is 25.2 Å². The maximum atomic E-state index is 11.9. The largest absolute Gasteiger partial charge is 0.480 e. The first-order valence-electron chi connectivity index (χ1n) is 6.76. The van der Waals surface area contributed by atoms with Gasteiger partial charge in [-0.2, -0.15) is 0 Å². The molecule has 1 aromatic heterocycles. The molecule has 21 heavy (non-hydrogen) atoms. The van der Waals surface area contributed by atoms with Gasteiger partial charge in [-0.15, -0.1) is 5.10 Å². The van der Waals surface area contributed by atoms with E-state index >= 15 is 0 Å². The molecule has 9 heteroatoms. The van der Waals surface area contributed by atoms with Gasteiger partial charge in [0.05, 0.1) is 18.8 Å². The van der Waals surface area contributed by atoms with Gasteiger partial charge < -0.3 is 20.1 Å². The zero-order valence-corrected chi connectivity index (χ0v) is 11.9. The highest BCUT2D eigenvalue weighted by Crippen LogP contribution is 2.12. The van der Waals surface area contributed by atoms with Gasteiger partial charge >= 0.3 is 12.0 Å². The normalized spacial score (nSPS) is 17.7. The lowest BCUT2D eigenvalue weighted by Gasteiger charge is -2.20. The molecule has 0 bridgehead atoms. The number of urea groups is 1. The predicted molar refractivity (Wildman–Crippen MR) is 71.5 cm³/mol. The van der Waals surface area contributed by atoms with Crippen LogP contribution < -0.4 is 5.32 Å². The summed E-state index contributed by atoms with van der Waals surface area (Å²) in [6, 6.07) is -0.224. The molecule has 1 aliphatic rings. The van der Waals surface area contributed by atoms with Crippen LogP contribution in [0.25, 0.3) is 0 Å². The minimum Gasteiger partial charge on any atom is -0.480 e. The van der Waals surface area contributed by atoms with Gasteiger partial charge in [0.15, 0.2) is 0 Å². The summed E-state index contributed by atoms with van der Waals surface area (Å²) in [5.74, 6) is -0.994. The highest BCUT2D eigenvalue weighted by atomic mass is 16.5. The van der Waals surface area contributed by atoms with Crippen LogP contribution in [0.3, 0.4) is 0 Å². The van der Waals surface area contributed by atoms with Gasteiger partial charge in [-0.1, -0.05) is 5.21 Å². The molecule has 0 radical (unpaired) electrons. The Bertz CT molecular complexity index is 498. The van der Waals surface area contributed by atoms with Crippen LogP contribution in [0, 0.1) is 0 Å². The Morgan fingerprint density at radius 1 is 1.62 bits per heavy atom. The van der Waals surface area contributed by atoms with Crippen LogP contribution in [0.2, 0.25) is 0 Å². The third-order valence-corrected chi connectivity index (χ3v) is 3.15. The molecule has 2 amide bonds. The van der Waals surface area contributed by atoms with Crippen molar-refractivity contribution in [2.24, 2.45) is 0 Å². The summed E-state index contributed by atoms with van der Waals surface area (Å²) in [6.07, 6.45) is 3.61. The molecule has 2 rings (SSSR count). The van der Waals surface area contributed by atoms with E-state index in [4.69, 9.17) is 9.84 Å². The molecule has 1 unspecified atom stereocenters. The summed E-state index contributed by atoms with van der Waals surface area (Å²) < 4.78 is 6.68. The third-order valence-electron chi connectivity index (χ3n) is 3.15. The van der Waals surface area contributed by atoms with Crippen molar-refractivity contribution in [3.05, 3.63) is 11.9 Å². The first-order valence-corrected chi connectivity index (χ1v) is 6.76. The van der Waals surface area contributed by atoms with Gasteiger partial charge in [0, 0.05) is 20.2 Å². The Morgan fingerprint density at radius 3 is 3.10 bits per heavy atom. The number of aliphatic carboxylic acids is 1. The number of nitrogens with one attached hydrogen (secondary N) is 1. The Labute approximate surface area is 121 Å². The number of hydrogen-bond donors (Lipinski definition) is 2. The molecule has 0 spiro atoms. The summed E-state index contributed by atoms with van der Waals surface area (Å²) in [7, 11) is 1.71. The monoisotopic (exact) mass is 297 g/mol. The molecule has 116 valence electrons. The molecule has 1 atom stereocenters. The zero-order valence-electron chi connectivity index (χ0n) is 11.9. The SMILES string of the molecule is CN(CC1CCCO1)C(=O)NCc1cn(CC(=O)O)nn1. The number of rotatable bonds is 6. The molecule has 0 saturated carbocycles. The molecule has 0 aromatic carbocycles. The molecule has 2 heterocycles. The number of ether oxygens (including phenoxy) is 1. The molecule has 0 aliphatic carbocycles. The lowest BCUT2D eigenvalue weighted by molar-refractivity contribution is -0.137. The van der Waals surface area contributed by atoms with Crippen LogP contribution in [0.4, 0.5) is 4.79 Å². The van der Waals surface area contributed by atoms with Crippen molar-refractivity contribution in [2.45, 2.75) is 32.0 Å². The second-order valence-corrected chi connectivity index (χ2v) is 4.98. The van der Waals surface area contributed by atoms with Crippen molar-refractivity contribution in [2.75, 3.05) is 20.2 Å². The lowest BCUT2D eigenvalue weighted by atomic mass is 10.2. The number of amides is 2. The number of carboxylic acids is 1. The van der Waals surface area contributed by atoms with Gasteiger partial charge in [0.2, 0.25) is 0 Å². The predicted octanol–water partition coefficient (Wildman–Crippen LogP) is -0.317. The fourth-order valence-electron chi connectivity index (χ4n) is 2.11. The van der Waals surface area contributed by atoms with Crippen molar-refractivity contribution in [3.63, 3.8) is 0 Å². The Hall–Kier alpha value is -2.16. The fourth-order valence-corrected chi connectivity index (χ4v) is 2.11. The second-order valence-electron chi connectivity index (χ2n) is 4.98. The number of nitrogens with zero attached hydrogens (tertiary/aromatic N) is 4. The first-order chi connectivity index (χ1) is 10.0. The first kappa shape index (κ1) is 15.2. The summed E-state index contributed by atoms with van der Waals surface area (Å²) in [4.78, 5) is 24.0.